The molecule has 0 spiro atoms. The van der Waals surface area contributed by atoms with Crippen LogP contribution in [0.25, 0.3) is 10.2 Å². The number of rotatable bonds is 4. The van der Waals surface area contributed by atoms with Gasteiger partial charge in [0.15, 0.2) is 0 Å². The molecule has 0 aliphatic heterocycles. The third kappa shape index (κ3) is 3.32. The lowest BCUT2D eigenvalue weighted by Gasteiger charge is -2.36. The summed E-state index contributed by atoms with van der Waals surface area (Å²) in [6.07, 6.45) is 6.65. The fourth-order valence-electron chi connectivity index (χ4n) is 3.50. The predicted molar refractivity (Wildman–Crippen MR) is 92.7 cm³/mol. The molecule has 6 heteroatoms. The van der Waals surface area contributed by atoms with Crippen molar-refractivity contribution in [2.45, 2.75) is 51.6 Å². The zero-order chi connectivity index (χ0) is 16.4. The topological polar surface area (TPSA) is 55.2 Å². The lowest BCUT2D eigenvalue weighted by Crippen LogP contribution is -2.43. The second-order valence-electron chi connectivity index (χ2n) is 6.47. The first-order chi connectivity index (χ1) is 11.1. The highest BCUT2D eigenvalue weighted by molar-refractivity contribution is 7.16. The fraction of sp³-hybridized carbons (Fsp3) is 0.588. The highest BCUT2D eigenvalue weighted by Crippen LogP contribution is 2.27. The zero-order valence-corrected chi connectivity index (χ0v) is 14.5. The Bertz CT molecular complexity index is 752. The molecule has 1 aliphatic rings. The average Bonchev–Trinajstić information content (AvgIpc) is 3.03. The van der Waals surface area contributed by atoms with Crippen LogP contribution in [-0.4, -0.2) is 33.4 Å². The smallest absolute Gasteiger partial charge is 0.262 e. The highest BCUT2D eigenvalue weighted by atomic mass is 32.1. The quantitative estimate of drug-likeness (QED) is 0.864. The fourth-order valence-corrected chi connectivity index (χ4v) is 4.23. The number of thiophene rings is 1. The molecule has 124 valence electrons. The molecule has 0 aromatic carbocycles. The van der Waals surface area contributed by atoms with E-state index in [2.05, 4.69) is 11.9 Å². The van der Waals surface area contributed by atoms with E-state index in [1.165, 1.54) is 30.6 Å². The first-order valence-corrected chi connectivity index (χ1v) is 9.14. The lowest BCUT2D eigenvalue weighted by atomic mass is 9.85. The molecule has 1 saturated carbocycles. The Hall–Kier alpha value is -1.69. The molecule has 5 nitrogen and oxygen atoms in total. The first kappa shape index (κ1) is 16.2. The zero-order valence-electron chi connectivity index (χ0n) is 13.7. The van der Waals surface area contributed by atoms with Crippen LogP contribution < -0.4 is 5.56 Å². The summed E-state index contributed by atoms with van der Waals surface area (Å²) in [5.74, 6) is 0.672. The van der Waals surface area contributed by atoms with Gasteiger partial charge in [-0.3, -0.25) is 14.2 Å². The summed E-state index contributed by atoms with van der Waals surface area (Å²) in [5, 5.41) is 2.51. The van der Waals surface area contributed by atoms with Gasteiger partial charge in [-0.1, -0.05) is 19.8 Å². The second kappa shape index (κ2) is 6.83. The summed E-state index contributed by atoms with van der Waals surface area (Å²) < 4.78 is 1.55. The molecular weight excluding hydrogens is 310 g/mol. The van der Waals surface area contributed by atoms with Crippen molar-refractivity contribution in [2.24, 2.45) is 5.92 Å². The molecule has 2 aromatic rings. The van der Waals surface area contributed by atoms with E-state index in [9.17, 15) is 9.59 Å². The maximum atomic E-state index is 12.5. The number of carbonyl (C=O) groups is 1. The first-order valence-electron chi connectivity index (χ1n) is 8.26. The van der Waals surface area contributed by atoms with E-state index in [1.54, 1.807) is 17.0 Å². The van der Waals surface area contributed by atoms with Crippen molar-refractivity contribution in [3.63, 3.8) is 0 Å². The molecule has 1 amide bonds. The third-order valence-corrected chi connectivity index (χ3v) is 5.79. The van der Waals surface area contributed by atoms with Crippen LogP contribution in [0.2, 0.25) is 0 Å². The van der Waals surface area contributed by atoms with Crippen LogP contribution in [0.1, 0.15) is 39.0 Å². The van der Waals surface area contributed by atoms with Crippen molar-refractivity contribution in [1.82, 2.24) is 14.5 Å². The minimum atomic E-state index is -0.0577. The highest BCUT2D eigenvalue weighted by Gasteiger charge is 2.27. The maximum absolute atomic E-state index is 12.5. The molecule has 2 aromatic heterocycles. The third-order valence-electron chi connectivity index (χ3n) is 4.97. The van der Waals surface area contributed by atoms with Gasteiger partial charge >= 0.3 is 0 Å². The van der Waals surface area contributed by atoms with Gasteiger partial charge in [0.25, 0.3) is 5.56 Å². The van der Waals surface area contributed by atoms with E-state index in [4.69, 9.17) is 0 Å². The summed E-state index contributed by atoms with van der Waals surface area (Å²) in [6, 6.07) is 2.13. The van der Waals surface area contributed by atoms with Gasteiger partial charge in [0.05, 0.1) is 11.7 Å². The summed E-state index contributed by atoms with van der Waals surface area (Å²) >= 11 is 1.46. The maximum Gasteiger partial charge on any atom is 0.262 e. The van der Waals surface area contributed by atoms with Gasteiger partial charge in [-0.25, -0.2) is 4.98 Å². The number of fused-ring (bicyclic) bond motifs is 1. The van der Waals surface area contributed by atoms with Gasteiger partial charge in [0.1, 0.15) is 4.83 Å². The molecule has 2 heterocycles. The minimum Gasteiger partial charge on any atom is -0.342 e. The van der Waals surface area contributed by atoms with Crippen LogP contribution in [0.5, 0.6) is 0 Å². The van der Waals surface area contributed by atoms with Gasteiger partial charge < -0.3 is 4.90 Å². The van der Waals surface area contributed by atoms with E-state index in [0.29, 0.717) is 30.3 Å². The number of carbonyl (C=O) groups excluding carboxylic acids is 1. The SMILES string of the molecule is CC1CCCCC1N(C)C(=O)CCn1cnc2sccc2c1=O. The summed E-state index contributed by atoms with van der Waals surface area (Å²) in [6.45, 7) is 2.62. The summed E-state index contributed by atoms with van der Waals surface area (Å²) in [5.41, 5.74) is -0.0577. The number of nitrogens with zero attached hydrogens (tertiary/aromatic N) is 3. The van der Waals surface area contributed by atoms with Crippen molar-refractivity contribution in [3.8, 4) is 0 Å². The van der Waals surface area contributed by atoms with Crippen LogP contribution in [0.3, 0.4) is 0 Å². The minimum absolute atomic E-state index is 0.0577. The monoisotopic (exact) mass is 333 g/mol. The van der Waals surface area contributed by atoms with Gasteiger partial charge in [-0.05, 0) is 30.2 Å². The molecular formula is C17H23N3O2S. The normalized spacial score (nSPS) is 21.5. The Morgan fingerprint density at radius 1 is 1.43 bits per heavy atom. The van der Waals surface area contributed by atoms with Crippen molar-refractivity contribution >= 4 is 27.5 Å². The van der Waals surface area contributed by atoms with Crippen molar-refractivity contribution in [3.05, 3.63) is 28.1 Å². The van der Waals surface area contributed by atoms with Gasteiger partial charge in [0.2, 0.25) is 5.91 Å². The largest absolute Gasteiger partial charge is 0.342 e. The molecule has 3 rings (SSSR count). The Morgan fingerprint density at radius 3 is 3.00 bits per heavy atom. The van der Waals surface area contributed by atoms with Crippen molar-refractivity contribution in [2.75, 3.05) is 7.05 Å². The molecule has 0 bridgehead atoms. The van der Waals surface area contributed by atoms with E-state index in [-0.39, 0.29) is 11.5 Å². The van der Waals surface area contributed by atoms with Crippen LogP contribution >= 0.6 is 11.3 Å². The molecule has 1 aliphatic carbocycles. The molecule has 2 unspecified atom stereocenters. The number of aromatic nitrogens is 2. The van der Waals surface area contributed by atoms with Crippen molar-refractivity contribution < 1.29 is 4.79 Å². The van der Waals surface area contributed by atoms with Crippen LogP contribution in [0.4, 0.5) is 0 Å². The molecule has 1 fully saturated rings. The number of hydrogen-bond acceptors (Lipinski definition) is 4. The van der Waals surface area contributed by atoms with Gasteiger partial charge in [0, 0.05) is 26.1 Å². The Balaban J connectivity index is 1.65. The Kier molecular flexibility index (Phi) is 4.80. The standard InChI is InChI=1S/C17H23N3O2S/c1-12-5-3-4-6-14(12)19(2)15(21)7-9-20-11-18-16-13(17(20)22)8-10-23-16/h8,10-12,14H,3-7,9H2,1-2H3. The molecule has 0 radical (unpaired) electrons. The summed E-state index contributed by atoms with van der Waals surface area (Å²) in [7, 11) is 1.90. The lowest BCUT2D eigenvalue weighted by molar-refractivity contribution is -0.133. The number of amides is 1. The molecule has 0 saturated heterocycles. The summed E-state index contributed by atoms with van der Waals surface area (Å²) in [4.78, 5) is 31.7. The number of aryl methyl sites for hydroxylation is 1. The second-order valence-corrected chi connectivity index (χ2v) is 7.36. The predicted octanol–water partition coefficient (Wildman–Crippen LogP) is 2.89. The van der Waals surface area contributed by atoms with E-state index in [1.807, 2.05) is 17.3 Å². The van der Waals surface area contributed by atoms with E-state index < -0.39 is 0 Å². The van der Waals surface area contributed by atoms with Crippen molar-refractivity contribution in [1.29, 1.82) is 0 Å². The Morgan fingerprint density at radius 2 is 2.22 bits per heavy atom. The Labute approximate surface area is 139 Å². The van der Waals surface area contributed by atoms with E-state index in [0.717, 1.165) is 11.3 Å². The molecule has 0 N–H and O–H groups in total. The van der Waals surface area contributed by atoms with Crippen LogP contribution in [0.15, 0.2) is 22.6 Å². The van der Waals surface area contributed by atoms with Gasteiger partial charge in [-0.15, -0.1) is 11.3 Å². The average molecular weight is 333 g/mol. The molecule has 23 heavy (non-hydrogen) atoms. The van der Waals surface area contributed by atoms with Crippen LogP contribution in [-0.2, 0) is 11.3 Å². The number of hydrogen-bond donors (Lipinski definition) is 0. The molecule has 2 atom stereocenters. The van der Waals surface area contributed by atoms with Crippen LogP contribution in [0, 0.1) is 5.92 Å². The van der Waals surface area contributed by atoms with Gasteiger partial charge in [-0.2, -0.15) is 0 Å². The van der Waals surface area contributed by atoms with E-state index >= 15 is 0 Å².